The number of phenols is 1. The number of fused-ring (bicyclic) bond motifs is 4. The molecule has 3 aromatic rings. The molecule has 0 radical (unpaired) electrons. The summed E-state index contributed by atoms with van der Waals surface area (Å²) in [6.45, 7) is 4.01. The van der Waals surface area contributed by atoms with Crippen LogP contribution in [-0.2, 0) is 24.6 Å². The number of imide groups is 2. The van der Waals surface area contributed by atoms with Gasteiger partial charge in [0.05, 0.1) is 36.0 Å². The van der Waals surface area contributed by atoms with Gasteiger partial charge in [-0.05, 0) is 56.4 Å². The summed E-state index contributed by atoms with van der Waals surface area (Å²) in [7, 11) is 1.46. The third-order valence-corrected chi connectivity index (χ3v) is 10.4. The number of phenolic OH excluding ortho intramolecular Hbond substituents is 1. The van der Waals surface area contributed by atoms with Gasteiger partial charge in [-0.3, -0.25) is 29.5 Å². The quantitative estimate of drug-likeness (QED) is 0.309. The number of anilines is 1. The number of hydrazine groups is 1. The number of hydrogen-bond acceptors (Lipinski definition) is 7. The zero-order chi connectivity index (χ0) is 31.6. The van der Waals surface area contributed by atoms with Gasteiger partial charge in [-0.2, -0.15) is 5.01 Å². The lowest BCUT2D eigenvalue weighted by Gasteiger charge is -2.50. The molecule has 45 heavy (non-hydrogen) atoms. The highest BCUT2D eigenvalue weighted by Gasteiger charge is 2.70. The summed E-state index contributed by atoms with van der Waals surface area (Å²) in [5.74, 6) is -4.55. The number of aryl methyl sites for hydroxylation is 1. The molecular formula is C36H35N3O6. The highest BCUT2D eigenvalue weighted by Crippen LogP contribution is 2.65. The first-order valence-corrected chi connectivity index (χ1v) is 15.4. The Hall–Kier alpha value is -4.92. The van der Waals surface area contributed by atoms with Crippen LogP contribution in [0, 0.1) is 30.6 Å². The van der Waals surface area contributed by atoms with Gasteiger partial charge < -0.3 is 9.84 Å². The normalized spacial score (nSPS) is 28.9. The van der Waals surface area contributed by atoms with Crippen molar-refractivity contribution in [2.24, 2.45) is 23.7 Å². The number of rotatable bonds is 6. The van der Waals surface area contributed by atoms with Crippen molar-refractivity contribution < 1.29 is 29.0 Å². The molecule has 7 rings (SSSR count). The van der Waals surface area contributed by atoms with Gasteiger partial charge in [0.15, 0.2) is 11.5 Å². The van der Waals surface area contributed by atoms with E-state index in [0.717, 1.165) is 16.1 Å². The van der Waals surface area contributed by atoms with Gasteiger partial charge in [0.25, 0.3) is 11.8 Å². The number of carbonyl (C=O) groups is 4. The molecule has 3 aromatic carbocycles. The summed E-state index contributed by atoms with van der Waals surface area (Å²) in [4.78, 5) is 58.1. The lowest BCUT2D eigenvalue weighted by molar-refractivity contribution is -0.141. The first-order chi connectivity index (χ1) is 21.7. The number of ether oxygens (including phenoxy) is 1. The van der Waals surface area contributed by atoms with Crippen LogP contribution in [0.1, 0.15) is 42.4 Å². The van der Waals surface area contributed by atoms with Crippen molar-refractivity contribution in [3.8, 4) is 11.5 Å². The smallest absolute Gasteiger partial charge is 0.260 e. The van der Waals surface area contributed by atoms with E-state index in [1.807, 2.05) is 67.6 Å². The number of carbonyl (C=O) groups excluding carboxylic acids is 4. The number of nitrogens with one attached hydrogen (secondary N) is 1. The molecule has 4 aliphatic rings. The number of nitrogens with zero attached hydrogens (tertiary/aromatic N) is 2. The van der Waals surface area contributed by atoms with Crippen LogP contribution in [0.25, 0.3) is 0 Å². The number of aromatic hydroxyl groups is 1. The maximum Gasteiger partial charge on any atom is 0.260 e. The first-order valence-electron chi connectivity index (χ1n) is 15.4. The van der Waals surface area contributed by atoms with E-state index in [1.165, 1.54) is 12.0 Å². The fourth-order valence-corrected chi connectivity index (χ4v) is 8.41. The van der Waals surface area contributed by atoms with E-state index in [1.54, 1.807) is 25.1 Å². The van der Waals surface area contributed by atoms with Crippen molar-refractivity contribution in [1.29, 1.82) is 0 Å². The van der Waals surface area contributed by atoms with E-state index >= 15 is 4.79 Å². The van der Waals surface area contributed by atoms with E-state index in [9.17, 15) is 19.5 Å². The molecule has 2 N–H and O–H groups in total. The molecule has 6 unspecified atom stereocenters. The molecule has 2 heterocycles. The number of hydrogen-bond donors (Lipinski definition) is 2. The summed E-state index contributed by atoms with van der Waals surface area (Å²) in [5, 5.41) is 12.8. The molecule has 0 bridgehead atoms. The Balaban J connectivity index is 1.48. The van der Waals surface area contributed by atoms with Crippen LogP contribution in [0.5, 0.6) is 11.5 Å². The predicted octanol–water partition coefficient (Wildman–Crippen LogP) is 4.71. The summed E-state index contributed by atoms with van der Waals surface area (Å²) < 4.78 is 5.50. The van der Waals surface area contributed by atoms with Gasteiger partial charge >= 0.3 is 0 Å². The Morgan fingerprint density at radius 2 is 1.64 bits per heavy atom. The lowest BCUT2D eigenvalue weighted by Crippen LogP contribution is -2.53. The molecule has 2 aliphatic carbocycles. The second-order valence-corrected chi connectivity index (χ2v) is 12.4. The van der Waals surface area contributed by atoms with E-state index in [0.29, 0.717) is 23.2 Å². The SMILES string of the molecule is CCN1C(=O)C2CC=C3C(CC4C(=O)N(Nc5ccc(C)cc5)C(=O)C4(c4ccccc4)C3c3cccc(OC)c3O)C2C1=O. The molecule has 1 saturated carbocycles. The second-order valence-electron chi connectivity index (χ2n) is 12.4. The number of amides is 4. The van der Waals surface area contributed by atoms with Gasteiger partial charge in [0.2, 0.25) is 11.8 Å². The first kappa shape index (κ1) is 28.8. The minimum Gasteiger partial charge on any atom is -0.504 e. The van der Waals surface area contributed by atoms with Crippen molar-refractivity contribution in [2.75, 3.05) is 19.1 Å². The van der Waals surface area contributed by atoms with Crippen molar-refractivity contribution in [1.82, 2.24) is 9.91 Å². The average Bonchev–Trinajstić information content (AvgIpc) is 3.43. The maximum atomic E-state index is 15.1. The van der Waals surface area contributed by atoms with Crippen LogP contribution < -0.4 is 10.2 Å². The number of para-hydroxylation sites is 1. The summed E-state index contributed by atoms with van der Waals surface area (Å²) in [6, 6.07) is 21.8. The van der Waals surface area contributed by atoms with Crippen molar-refractivity contribution >= 4 is 29.3 Å². The molecule has 0 aromatic heterocycles. The molecule has 2 aliphatic heterocycles. The zero-order valence-electron chi connectivity index (χ0n) is 25.4. The largest absolute Gasteiger partial charge is 0.504 e. The summed E-state index contributed by atoms with van der Waals surface area (Å²) in [5.41, 5.74) is 5.10. The molecule has 4 amide bonds. The Morgan fingerprint density at radius 3 is 2.33 bits per heavy atom. The number of allylic oxidation sites excluding steroid dienone is 2. The monoisotopic (exact) mass is 605 g/mol. The molecule has 9 nitrogen and oxygen atoms in total. The Kier molecular flexibility index (Phi) is 6.80. The standard InChI is InChI=1S/C36H35N3O6/c1-4-38-32(41)24-18-17-23-26(29(24)34(38)43)19-27-33(42)39(37-22-15-13-20(2)14-16-22)35(44)36(27,21-9-6-5-7-10-21)30(23)25-11-8-12-28(45-3)31(25)40/h5-17,24,26-27,29-30,37,40H,4,18-19H2,1-3H3. The molecule has 230 valence electrons. The molecule has 0 spiro atoms. The fourth-order valence-electron chi connectivity index (χ4n) is 8.41. The van der Waals surface area contributed by atoms with Gasteiger partial charge in [-0.15, -0.1) is 0 Å². The van der Waals surface area contributed by atoms with Crippen LogP contribution in [0.3, 0.4) is 0 Å². The lowest BCUT2D eigenvalue weighted by atomic mass is 9.49. The number of likely N-dealkylation sites (tertiary alicyclic amines) is 1. The van der Waals surface area contributed by atoms with Crippen molar-refractivity contribution in [2.45, 2.75) is 38.0 Å². The Labute approximate surface area is 261 Å². The topological polar surface area (TPSA) is 116 Å². The van der Waals surface area contributed by atoms with E-state index in [4.69, 9.17) is 4.74 Å². The predicted molar refractivity (Wildman–Crippen MR) is 166 cm³/mol. The molecule has 9 heteroatoms. The second kappa shape index (κ2) is 10.6. The van der Waals surface area contributed by atoms with Gasteiger partial charge in [-0.1, -0.05) is 71.8 Å². The van der Waals surface area contributed by atoms with Gasteiger partial charge in [-0.25, -0.2) is 0 Å². The summed E-state index contributed by atoms with van der Waals surface area (Å²) in [6.07, 6.45) is 2.52. The Bertz CT molecular complexity index is 1750. The number of methoxy groups -OCH3 is 1. The Morgan fingerprint density at radius 1 is 0.911 bits per heavy atom. The highest BCUT2D eigenvalue weighted by atomic mass is 16.5. The highest BCUT2D eigenvalue weighted by molar-refractivity contribution is 6.13. The van der Waals surface area contributed by atoms with E-state index in [-0.39, 0.29) is 36.3 Å². The van der Waals surface area contributed by atoms with Crippen molar-refractivity contribution in [3.63, 3.8) is 0 Å². The van der Waals surface area contributed by atoms with Crippen LogP contribution in [0.15, 0.2) is 84.4 Å². The zero-order valence-corrected chi connectivity index (χ0v) is 25.4. The van der Waals surface area contributed by atoms with Crippen LogP contribution in [0.2, 0.25) is 0 Å². The fraction of sp³-hybridized carbons (Fsp3) is 0.333. The molecule has 2 saturated heterocycles. The van der Waals surface area contributed by atoms with E-state index < -0.39 is 46.8 Å². The van der Waals surface area contributed by atoms with Gasteiger partial charge in [0.1, 0.15) is 0 Å². The van der Waals surface area contributed by atoms with Crippen LogP contribution in [-0.4, -0.2) is 52.3 Å². The maximum absolute atomic E-state index is 15.1. The van der Waals surface area contributed by atoms with Crippen LogP contribution in [0.4, 0.5) is 5.69 Å². The van der Waals surface area contributed by atoms with E-state index in [2.05, 4.69) is 5.43 Å². The van der Waals surface area contributed by atoms with Crippen LogP contribution >= 0.6 is 0 Å². The number of benzene rings is 3. The molecule has 6 atom stereocenters. The summed E-state index contributed by atoms with van der Waals surface area (Å²) >= 11 is 0. The van der Waals surface area contributed by atoms with Crippen molar-refractivity contribution in [3.05, 3.63) is 101 Å². The average molecular weight is 606 g/mol. The third kappa shape index (κ3) is 3.99. The molecule has 3 fully saturated rings. The molecular weight excluding hydrogens is 570 g/mol. The minimum atomic E-state index is -1.45. The minimum absolute atomic E-state index is 0.128. The third-order valence-electron chi connectivity index (χ3n) is 10.4. The van der Waals surface area contributed by atoms with Gasteiger partial charge in [0, 0.05) is 18.0 Å².